The van der Waals surface area contributed by atoms with Gasteiger partial charge in [-0.25, -0.2) is 0 Å². The van der Waals surface area contributed by atoms with Crippen LogP contribution in [0.1, 0.15) is 10.9 Å². The lowest BCUT2D eigenvalue weighted by molar-refractivity contribution is -0.138. The molecule has 1 aromatic rings. The van der Waals surface area contributed by atoms with Crippen LogP contribution in [0.3, 0.4) is 0 Å². The van der Waals surface area contributed by atoms with E-state index in [1.165, 1.54) is 11.3 Å². The number of halogens is 1. The summed E-state index contributed by atoms with van der Waals surface area (Å²) in [6, 6.07) is 0.910. The highest BCUT2D eigenvalue weighted by molar-refractivity contribution is 14.1. The Morgan fingerprint density at radius 2 is 2.45 bits per heavy atom. The van der Waals surface area contributed by atoms with Crippen molar-refractivity contribution in [3.05, 3.63) is 19.9 Å². The summed E-state index contributed by atoms with van der Waals surface area (Å²) >= 11 is 3.49. The van der Waals surface area contributed by atoms with Gasteiger partial charge in [-0.15, -0.1) is 11.3 Å². The number of carboxylic acids is 1. The molecule has 1 heterocycles. The van der Waals surface area contributed by atoms with E-state index < -0.39 is 12.0 Å². The number of aliphatic carboxylic acids is 1. The fourth-order valence-electron chi connectivity index (χ4n) is 0.613. The molecule has 0 saturated heterocycles. The maximum absolute atomic E-state index is 10.4. The smallest absolute Gasteiger partial charge is 0.325 e. The van der Waals surface area contributed by atoms with Crippen molar-refractivity contribution in [2.45, 2.75) is 6.04 Å². The van der Waals surface area contributed by atoms with Crippen molar-refractivity contribution in [1.29, 1.82) is 0 Å². The molecular weight excluding hydrogens is 277 g/mol. The topological polar surface area (TPSA) is 63.3 Å². The highest BCUT2D eigenvalue weighted by atomic mass is 127. The third-order valence-electron chi connectivity index (χ3n) is 1.16. The van der Waals surface area contributed by atoms with E-state index in [2.05, 4.69) is 22.6 Å². The molecule has 3 nitrogen and oxygen atoms in total. The van der Waals surface area contributed by atoms with Crippen molar-refractivity contribution in [1.82, 2.24) is 0 Å². The van der Waals surface area contributed by atoms with Gasteiger partial charge in [-0.1, -0.05) is 0 Å². The Morgan fingerprint density at radius 3 is 2.82 bits per heavy atom. The molecule has 11 heavy (non-hydrogen) atoms. The monoisotopic (exact) mass is 283 g/mol. The van der Waals surface area contributed by atoms with Gasteiger partial charge in [0.15, 0.2) is 0 Å². The molecule has 0 saturated carbocycles. The number of rotatable bonds is 2. The lowest BCUT2D eigenvalue weighted by atomic mass is 10.3. The Morgan fingerprint density at radius 1 is 1.82 bits per heavy atom. The minimum atomic E-state index is -0.983. The first-order chi connectivity index (χ1) is 5.11. The van der Waals surface area contributed by atoms with Crippen LogP contribution in [0.15, 0.2) is 11.4 Å². The maximum Gasteiger partial charge on any atom is 0.325 e. The molecule has 0 spiro atoms. The first-order valence-electron chi connectivity index (χ1n) is 2.83. The Kier molecular flexibility index (Phi) is 2.85. The van der Waals surface area contributed by atoms with Crippen LogP contribution in [0.25, 0.3) is 0 Å². The number of carbonyl (C=O) groups is 1. The number of hydrogen-bond acceptors (Lipinski definition) is 3. The van der Waals surface area contributed by atoms with Crippen LogP contribution >= 0.6 is 33.9 Å². The normalized spacial score (nSPS) is 12.9. The Bertz CT molecular complexity index is 273. The van der Waals surface area contributed by atoms with E-state index in [9.17, 15) is 4.79 Å². The number of nitrogens with two attached hydrogens (primary N) is 1. The molecule has 3 N–H and O–H groups in total. The van der Waals surface area contributed by atoms with Gasteiger partial charge in [0, 0.05) is 13.8 Å². The largest absolute Gasteiger partial charge is 0.480 e. The van der Waals surface area contributed by atoms with E-state index in [0.717, 1.165) is 3.57 Å². The van der Waals surface area contributed by atoms with Crippen LogP contribution in [0.2, 0.25) is 0 Å². The van der Waals surface area contributed by atoms with Crippen molar-refractivity contribution in [3.63, 3.8) is 0 Å². The minimum Gasteiger partial charge on any atom is -0.480 e. The van der Waals surface area contributed by atoms with E-state index in [-0.39, 0.29) is 0 Å². The Hall–Kier alpha value is -0.140. The molecule has 60 valence electrons. The molecule has 0 aliphatic heterocycles. The molecule has 0 amide bonds. The summed E-state index contributed by atoms with van der Waals surface area (Å²) < 4.78 is 1.03. The molecule has 1 rings (SSSR count). The molecule has 5 heteroatoms. The summed E-state index contributed by atoms with van der Waals surface area (Å²) in [7, 11) is 0. The van der Waals surface area contributed by atoms with E-state index in [1.54, 1.807) is 6.07 Å². The lowest BCUT2D eigenvalue weighted by Gasteiger charge is -2.00. The van der Waals surface area contributed by atoms with Crippen LogP contribution in [0, 0.1) is 3.57 Å². The molecular formula is C6H6INO2S. The van der Waals surface area contributed by atoms with Crippen molar-refractivity contribution in [2.24, 2.45) is 5.73 Å². The summed E-state index contributed by atoms with van der Waals surface area (Å²) in [5, 5.41) is 10.4. The quantitative estimate of drug-likeness (QED) is 0.807. The molecule has 1 aromatic heterocycles. The third kappa shape index (κ3) is 2.14. The first kappa shape index (κ1) is 8.95. The molecule has 0 radical (unpaired) electrons. The molecule has 0 aliphatic carbocycles. The van der Waals surface area contributed by atoms with E-state index in [1.807, 2.05) is 5.38 Å². The van der Waals surface area contributed by atoms with Crippen LogP contribution in [-0.2, 0) is 4.79 Å². The highest BCUT2D eigenvalue weighted by Gasteiger charge is 2.15. The average molecular weight is 283 g/mol. The van der Waals surface area contributed by atoms with Gasteiger partial charge in [-0.05, 0) is 28.7 Å². The highest BCUT2D eigenvalue weighted by Crippen LogP contribution is 2.21. The van der Waals surface area contributed by atoms with E-state index >= 15 is 0 Å². The van der Waals surface area contributed by atoms with Crippen molar-refractivity contribution in [3.8, 4) is 0 Å². The minimum absolute atomic E-state index is 0.696. The first-order valence-corrected chi connectivity index (χ1v) is 4.79. The zero-order valence-corrected chi connectivity index (χ0v) is 8.43. The molecule has 0 aromatic carbocycles. The number of thiophene rings is 1. The van der Waals surface area contributed by atoms with Gasteiger partial charge in [0.05, 0.1) is 0 Å². The zero-order valence-electron chi connectivity index (χ0n) is 5.45. The molecule has 1 atom stereocenters. The Labute approximate surface area is 81.4 Å². The fourth-order valence-corrected chi connectivity index (χ4v) is 2.30. The zero-order chi connectivity index (χ0) is 8.43. The number of hydrogen-bond donors (Lipinski definition) is 2. The van der Waals surface area contributed by atoms with Gasteiger partial charge >= 0.3 is 5.97 Å². The molecule has 0 bridgehead atoms. The summed E-state index contributed by atoms with van der Waals surface area (Å²) in [4.78, 5) is 11.1. The molecule has 1 unspecified atom stereocenters. The SMILES string of the molecule is NC(C(=O)O)c1cc(I)cs1. The van der Waals surface area contributed by atoms with Crippen LogP contribution < -0.4 is 5.73 Å². The lowest BCUT2D eigenvalue weighted by Crippen LogP contribution is -2.19. The summed E-state index contributed by atoms with van der Waals surface area (Å²) in [5.74, 6) is -0.983. The summed E-state index contributed by atoms with van der Waals surface area (Å²) in [6.45, 7) is 0. The number of carboxylic acid groups (broad SMARTS) is 1. The molecule has 0 aliphatic rings. The van der Waals surface area contributed by atoms with Gasteiger partial charge in [-0.2, -0.15) is 0 Å². The predicted molar refractivity (Wildman–Crippen MR) is 51.6 cm³/mol. The van der Waals surface area contributed by atoms with Gasteiger partial charge in [0.25, 0.3) is 0 Å². The van der Waals surface area contributed by atoms with Crippen molar-refractivity contribution < 1.29 is 9.90 Å². The van der Waals surface area contributed by atoms with Crippen molar-refractivity contribution >= 4 is 39.9 Å². The second kappa shape index (κ2) is 3.51. The van der Waals surface area contributed by atoms with Gasteiger partial charge in [0.2, 0.25) is 0 Å². The van der Waals surface area contributed by atoms with E-state index in [0.29, 0.717) is 4.88 Å². The maximum atomic E-state index is 10.4. The fraction of sp³-hybridized carbons (Fsp3) is 0.167. The standard InChI is InChI=1S/C6H6INO2S/c7-3-1-4(11-2-3)5(8)6(9)10/h1-2,5H,8H2,(H,9,10). The Balaban J connectivity index is 2.84. The average Bonchev–Trinajstić information content (AvgIpc) is 2.34. The third-order valence-corrected chi connectivity index (χ3v) is 3.22. The van der Waals surface area contributed by atoms with Crippen LogP contribution in [0.4, 0.5) is 0 Å². The predicted octanol–water partition coefficient (Wildman–Crippen LogP) is 1.44. The van der Waals surface area contributed by atoms with Crippen LogP contribution in [0.5, 0.6) is 0 Å². The van der Waals surface area contributed by atoms with Crippen LogP contribution in [-0.4, -0.2) is 11.1 Å². The summed E-state index contributed by atoms with van der Waals surface area (Å²) in [6.07, 6.45) is 0. The van der Waals surface area contributed by atoms with Gasteiger partial charge in [-0.3, -0.25) is 4.79 Å². The van der Waals surface area contributed by atoms with E-state index in [4.69, 9.17) is 10.8 Å². The van der Waals surface area contributed by atoms with Gasteiger partial charge < -0.3 is 10.8 Å². The second-order valence-corrected chi connectivity index (χ2v) is 4.17. The van der Waals surface area contributed by atoms with Gasteiger partial charge in [0.1, 0.15) is 6.04 Å². The second-order valence-electron chi connectivity index (χ2n) is 1.98. The molecule has 0 fully saturated rings. The van der Waals surface area contributed by atoms with Crippen molar-refractivity contribution in [2.75, 3.05) is 0 Å². The summed E-state index contributed by atoms with van der Waals surface area (Å²) in [5.41, 5.74) is 5.36.